The lowest BCUT2D eigenvalue weighted by atomic mass is 9.95. The van der Waals surface area contributed by atoms with Crippen LogP contribution in [0.2, 0.25) is 0 Å². The van der Waals surface area contributed by atoms with Crippen molar-refractivity contribution in [2.24, 2.45) is 11.7 Å². The third-order valence-corrected chi connectivity index (χ3v) is 2.38. The second-order valence-electron chi connectivity index (χ2n) is 4.02. The van der Waals surface area contributed by atoms with Crippen LogP contribution in [0, 0.1) is 5.92 Å². The summed E-state index contributed by atoms with van der Waals surface area (Å²) < 4.78 is 0. The maximum absolute atomic E-state index is 6.02. The van der Waals surface area contributed by atoms with Crippen LogP contribution in [-0.4, -0.2) is 31.6 Å². The first-order chi connectivity index (χ1) is 5.57. The molecule has 0 rings (SSSR count). The van der Waals surface area contributed by atoms with Gasteiger partial charge in [-0.05, 0) is 39.4 Å². The summed E-state index contributed by atoms with van der Waals surface area (Å²) in [5.41, 5.74) is 6.02. The molecule has 2 nitrogen and oxygen atoms in total. The van der Waals surface area contributed by atoms with Crippen LogP contribution in [0.1, 0.15) is 33.1 Å². The van der Waals surface area contributed by atoms with Gasteiger partial charge in [-0.15, -0.1) is 0 Å². The van der Waals surface area contributed by atoms with Crippen molar-refractivity contribution in [3.05, 3.63) is 0 Å². The number of hydrogen-bond acceptors (Lipinski definition) is 2. The van der Waals surface area contributed by atoms with Crippen LogP contribution >= 0.6 is 0 Å². The van der Waals surface area contributed by atoms with Gasteiger partial charge in [0.25, 0.3) is 0 Å². The van der Waals surface area contributed by atoms with E-state index in [0.717, 1.165) is 13.0 Å². The zero-order valence-corrected chi connectivity index (χ0v) is 9.01. The molecule has 12 heavy (non-hydrogen) atoms. The van der Waals surface area contributed by atoms with E-state index in [-0.39, 0.29) is 0 Å². The van der Waals surface area contributed by atoms with E-state index in [2.05, 4.69) is 32.8 Å². The predicted octanol–water partition coefficient (Wildman–Crippen LogP) is 1.70. The lowest BCUT2D eigenvalue weighted by molar-refractivity contribution is 0.333. The highest BCUT2D eigenvalue weighted by molar-refractivity contribution is 4.69. The molecule has 0 aliphatic rings. The van der Waals surface area contributed by atoms with Gasteiger partial charge in [0.15, 0.2) is 0 Å². The molecule has 0 saturated heterocycles. The molecule has 2 unspecified atom stereocenters. The minimum Gasteiger partial charge on any atom is -0.327 e. The molecule has 0 aromatic rings. The highest BCUT2D eigenvalue weighted by Crippen LogP contribution is 2.11. The Labute approximate surface area is 77.1 Å². The van der Waals surface area contributed by atoms with Crippen LogP contribution in [0.25, 0.3) is 0 Å². The Balaban J connectivity index is 3.49. The zero-order chi connectivity index (χ0) is 9.56. The largest absolute Gasteiger partial charge is 0.327 e. The summed E-state index contributed by atoms with van der Waals surface area (Å²) in [7, 11) is 4.19. The third kappa shape index (κ3) is 5.56. The maximum Gasteiger partial charge on any atom is 0.00766 e. The summed E-state index contributed by atoms with van der Waals surface area (Å²) in [5, 5.41) is 0. The highest BCUT2D eigenvalue weighted by atomic mass is 15.0. The van der Waals surface area contributed by atoms with E-state index in [1.807, 2.05) is 0 Å². The first-order valence-corrected chi connectivity index (χ1v) is 4.98. The minimum absolute atomic E-state index is 0.382. The standard InChI is InChI=1S/C10H24N2/c1-5-6-9(2)10(11)7-8-12(3)4/h9-10H,5-8,11H2,1-4H3. The monoisotopic (exact) mass is 172 g/mol. The van der Waals surface area contributed by atoms with Gasteiger partial charge in [-0.1, -0.05) is 20.3 Å². The molecular formula is C10H24N2. The van der Waals surface area contributed by atoms with Crippen molar-refractivity contribution in [3.63, 3.8) is 0 Å². The van der Waals surface area contributed by atoms with Gasteiger partial charge in [-0.25, -0.2) is 0 Å². The molecule has 0 aliphatic carbocycles. The summed E-state index contributed by atoms with van der Waals surface area (Å²) in [6, 6.07) is 0.382. The molecule has 0 heterocycles. The van der Waals surface area contributed by atoms with Crippen molar-refractivity contribution in [3.8, 4) is 0 Å². The van der Waals surface area contributed by atoms with Crippen LogP contribution < -0.4 is 5.73 Å². The minimum atomic E-state index is 0.382. The fraction of sp³-hybridized carbons (Fsp3) is 1.00. The molecule has 0 aromatic heterocycles. The quantitative estimate of drug-likeness (QED) is 0.661. The van der Waals surface area contributed by atoms with E-state index >= 15 is 0 Å². The molecule has 0 saturated carbocycles. The summed E-state index contributed by atoms with van der Waals surface area (Å²) in [5.74, 6) is 0.676. The molecule has 0 spiro atoms. The molecule has 0 fully saturated rings. The van der Waals surface area contributed by atoms with E-state index < -0.39 is 0 Å². The molecule has 2 atom stereocenters. The van der Waals surface area contributed by atoms with Crippen molar-refractivity contribution in [2.45, 2.75) is 39.2 Å². The van der Waals surface area contributed by atoms with Gasteiger partial charge in [-0.2, -0.15) is 0 Å². The molecule has 0 aliphatic heterocycles. The number of rotatable bonds is 6. The smallest absolute Gasteiger partial charge is 0.00766 e. The summed E-state index contributed by atoms with van der Waals surface area (Å²) in [6.45, 7) is 5.58. The second-order valence-corrected chi connectivity index (χ2v) is 4.02. The van der Waals surface area contributed by atoms with E-state index in [1.165, 1.54) is 12.8 Å². The molecule has 0 amide bonds. The Kier molecular flexibility index (Phi) is 6.39. The average molecular weight is 172 g/mol. The van der Waals surface area contributed by atoms with Crippen LogP contribution in [0.4, 0.5) is 0 Å². The van der Waals surface area contributed by atoms with Crippen molar-refractivity contribution >= 4 is 0 Å². The first kappa shape index (κ1) is 11.9. The van der Waals surface area contributed by atoms with Crippen molar-refractivity contribution in [1.29, 1.82) is 0 Å². The van der Waals surface area contributed by atoms with Crippen LogP contribution in [0.15, 0.2) is 0 Å². The lowest BCUT2D eigenvalue weighted by Crippen LogP contribution is -2.31. The Bertz CT molecular complexity index is 102. The van der Waals surface area contributed by atoms with Gasteiger partial charge in [-0.3, -0.25) is 0 Å². The molecule has 0 radical (unpaired) electrons. The van der Waals surface area contributed by atoms with E-state index in [1.54, 1.807) is 0 Å². The Morgan fingerprint density at radius 1 is 1.25 bits per heavy atom. The molecule has 0 bridgehead atoms. The Hall–Kier alpha value is -0.0800. The first-order valence-electron chi connectivity index (χ1n) is 4.98. The fourth-order valence-corrected chi connectivity index (χ4v) is 1.36. The Morgan fingerprint density at radius 2 is 1.83 bits per heavy atom. The van der Waals surface area contributed by atoms with Crippen molar-refractivity contribution in [1.82, 2.24) is 4.90 Å². The lowest BCUT2D eigenvalue weighted by Gasteiger charge is -2.20. The van der Waals surface area contributed by atoms with Crippen LogP contribution in [-0.2, 0) is 0 Å². The number of hydrogen-bond donors (Lipinski definition) is 1. The van der Waals surface area contributed by atoms with Crippen LogP contribution in [0.3, 0.4) is 0 Å². The topological polar surface area (TPSA) is 29.3 Å². The van der Waals surface area contributed by atoms with Crippen LogP contribution in [0.5, 0.6) is 0 Å². The molecule has 74 valence electrons. The van der Waals surface area contributed by atoms with E-state index in [4.69, 9.17) is 5.73 Å². The summed E-state index contributed by atoms with van der Waals surface area (Å²) >= 11 is 0. The normalized spacial score (nSPS) is 16.5. The van der Waals surface area contributed by atoms with Gasteiger partial charge < -0.3 is 10.6 Å². The molecule has 2 heteroatoms. The molecule has 2 N–H and O–H groups in total. The fourth-order valence-electron chi connectivity index (χ4n) is 1.36. The SMILES string of the molecule is CCCC(C)C(N)CCN(C)C. The number of nitrogens with two attached hydrogens (primary N) is 1. The third-order valence-electron chi connectivity index (χ3n) is 2.38. The van der Waals surface area contributed by atoms with Gasteiger partial charge in [0.2, 0.25) is 0 Å². The second kappa shape index (κ2) is 6.44. The predicted molar refractivity (Wildman–Crippen MR) is 55.2 cm³/mol. The van der Waals surface area contributed by atoms with Gasteiger partial charge in [0, 0.05) is 6.04 Å². The zero-order valence-electron chi connectivity index (χ0n) is 9.01. The van der Waals surface area contributed by atoms with E-state index in [9.17, 15) is 0 Å². The van der Waals surface area contributed by atoms with E-state index in [0.29, 0.717) is 12.0 Å². The average Bonchev–Trinajstić information content (AvgIpc) is 2.00. The van der Waals surface area contributed by atoms with Gasteiger partial charge in [0.05, 0.1) is 0 Å². The summed E-state index contributed by atoms with van der Waals surface area (Å²) in [6.07, 6.45) is 3.62. The van der Waals surface area contributed by atoms with Gasteiger partial charge >= 0.3 is 0 Å². The van der Waals surface area contributed by atoms with Crippen molar-refractivity contribution in [2.75, 3.05) is 20.6 Å². The van der Waals surface area contributed by atoms with Crippen molar-refractivity contribution < 1.29 is 0 Å². The summed E-state index contributed by atoms with van der Waals surface area (Å²) in [4.78, 5) is 2.19. The molecule has 0 aromatic carbocycles. The highest BCUT2D eigenvalue weighted by Gasteiger charge is 2.11. The number of nitrogens with zero attached hydrogens (tertiary/aromatic N) is 1. The van der Waals surface area contributed by atoms with Gasteiger partial charge in [0.1, 0.15) is 0 Å². The molecular weight excluding hydrogens is 148 g/mol. The Morgan fingerprint density at radius 3 is 2.25 bits per heavy atom. The maximum atomic E-state index is 6.02.